The Hall–Kier alpha value is -1.58. The van der Waals surface area contributed by atoms with E-state index in [0.717, 1.165) is 30.0 Å². The second-order valence-electron chi connectivity index (χ2n) is 4.97. The zero-order valence-corrected chi connectivity index (χ0v) is 14.2. The smallest absolute Gasteiger partial charge is 0.197 e. The fourth-order valence-electron chi connectivity index (χ4n) is 2.23. The molecule has 0 bridgehead atoms. The monoisotopic (exact) mass is 336 g/mol. The van der Waals surface area contributed by atoms with Gasteiger partial charge in [0.05, 0.1) is 16.4 Å². The number of allylic oxidation sites excluding steroid dienone is 4. The number of anilines is 1. The average Bonchev–Trinajstić information content (AvgIpc) is 2.50. The van der Waals surface area contributed by atoms with E-state index in [0.29, 0.717) is 11.6 Å². The molecule has 0 heterocycles. The minimum Gasteiger partial charge on any atom is -0.371 e. The standard InChI is InChI=1S/C17H18Cl2N2O/c1-3-21(9-8-18)14-5-6-16(12(2)10-14)20-13-4-7-17(22)15(19)11-13/h4-7,10-11H,3,8-9H2,1-2H3/b20-13-. The van der Waals surface area contributed by atoms with Crippen LogP contribution in [0.2, 0.25) is 0 Å². The molecule has 0 aliphatic heterocycles. The molecule has 3 nitrogen and oxygen atoms in total. The summed E-state index contributed by atoms with van der Waals surface area (Å²) in [5.41, 5.74) is 3.73. The number of aryl methyl sites for hydroxylation is 1. The molecule has 0 saturated carbocycles. The molecule has 0 N–H and O–H groups in total. The topological polar surface area (TPSA) is 32.7 Å². The predicted octanol–water partition coefficient (Wildman–Crippen LogP) is 4.39. The van der Waals surface area contributed by atoms with Gasteiger partial charge in [0.25, 0.3) is 0 Å². The van der Waals surface area contributed by atoms with Gasteiger partial charge in [0.1, 0.15) is 0 Å². The van der Waals surface area contributed by atoms with Crippen molar-refractivity contribution in [1.82, 2.24) is 0 Å². The Balaban J connectivity index is 2.27. The van der Waals surface area contributed by atoms with Gasteiger partial charge in [-0.2, -0.15) is 0 Å². The van der Waals surface area contributed by atoms with Crippen LogP contribution in [0, 0.1) is 6.92 Å². The molecule has 22 heavy (non-hydrogen) atoms. The van der Waals surface area contributed by atoms with Crippen LogP contribution in [0.4, 0.5) is 11.4 Å². The zero-order chi connectivity index (χ0) is 16.1. The maximum atomic E-state index is 11.3. The lowest BCUT2D eigenvalue weighted by atomic mass is 10.1. The summed E-state index contributed by atoms with van der Waals surface area (Å²) in [4.78, 5) is 18.1. The van der Waals surface area contributed by atoms with Crippen molar-refractivity contribution in [3.63, 3.8) is 0 Å². The number of carbonyl (C=O) groups excluding carboxylic acids is 1. The van der Waals surface area contributed by atoms with Crippen molar-refractivity contribution in [1.29, 1.82) is 0 Å². The van der Waals surface area contributed by atoms with Crippen molar-refractivity contribution in [2.45, 2.75) is 13.8 Å². The highest BCUT2D eigenvalue weighted by Crippen LogP contribution is 2.26. The Morgan fingerprint density at radius 2 is 2.05 bits per heavy atom. The van der Waals surface area contributed by atoms with Gasteiger partial charge in [0.2, 0.25) is 0 Å². The summed E-state index contributed by atoms with van der Waals surface area (Å²) >= 11 is 11.7. The molecule has 0 atom stereocenters. The van der Waals surface area contributed by atoms with E-state index < -0.39 is 0 Å². The molecule has 5 heteroatoms. The van der Waals surface area contributed by atoms with Gasteiger partial charge in [-0.25, -0.2) is 4.99 Å². The van der Waals surface area contributed by atoms with E-state index in [4.69, 9.17) is 23.2 Å². The molecule has 0 amide bonds. The van der Waals surface area contributed by atoms with Crippen molar-refractivity contribution in [2.75, 3.05) is 23.9 Å². The van der Waals surface area contributed by atoms with Crippen LogP contribution in [0.15, 0.2) is 46.5 Å². The molecule has 1 aromatic rings. The first-order valence-electron chi connectivity index (χ1n) is 7.15. The van der Waals surface area contributed by atoms with Gasteiger partial charge in [0, 0.05) is 24.7 Å². The first kappa shape index (κ1) is 16.8. The third-order valence-electron chi connectivity index (χ3n) is 3.45. The summed E-state index contributed by atoms with van der Waals surface area (Å²) in [5.74, 6) is 0.409. The Bertz CT molecular complexity index is 663. The molecule has 0 unspecified atom stereocenters. The Kier molecular flexibility index (Phi) is 5.81. The third-order valence-corrected chi connectivity index (χ3v) is 3.91. The van der Waals surface area contributed by atoms with Crippen LogP contribution in [0.1, 0.15) is 12.5 Å². The lowest BCUT2D eigenvalue weighted by molar-refractivity contribution is -0.110. The minimum atomic E-state index is -0.188. The van der Waals surface area contributed by atoms with E-state index in [9.17, 15) is 4.79 Å². The predicted molar refractivity (Wildman–Crippen MR) is 95.0 cm³/mol. The summed E-state index contributed by atoms with van der Waals surface area (Å²) in [6.07, 6.45) is 4.70. The number of aliphatic imine (C=N–C) groups is 1. The molecule has 1 aliphatic carbocycles. The Morgan fingerprint density at radius 3 is 2.64 bits per heavy atom. The van der Waals surface area contributed by atoms with Crippen LogP contribution >= 0.6 is 23.2 Å². The fourth-order valence-corrected chi connectivity index (χ4v) is 2.61. The van der Waals surface area contributed by atoms with Gasteiger partial charge >= 0.3 is 0 Å². The summed E-state index contributed by atoms with van der Waals surface area (Å²) in [7, 11) is 0. The first-order valence-corrected chi connectivity index (χ1v) is 8.06. The van der Waals surface area contributed by atoms with E-state index in [1.807, 2.05) is 19.1 Å². The Labute approximate surface area is 140 Å². The molecule has 0 spiro atoms. The van der Waals surface area contributed by atoms with E-state index in [1.165, 1.54) is 6.08 Å². The molecular formula is C17H18Cl2N2O. The summed E-state index contributed by atoms with van der Waals surface area (Å²) < 4.78 is 0. The van der Waals surface area contributed by atoms with Crippen molar-refractivity contribution in [3.05, 3.63) is 47.0 Å². The molecule has 0 radical (unpaired) electrons. The number of rotatable bonds is 5. The second kappa shape index (κ2) is 7.61. The van der Waals surface area contributed by atoms with E-state index in [-0.39, 0.29) is 10.8 Å². The number of halogens is 2. The lowest BCUT2D eigenvalue weighted by Crippen LogP contribution is -2.24. The van der Waals surface area contributed by atoms with Gasteiger partial charge in [-0.15, -0.1) is 11.6 Å². The van der Waals surface area contributed by atoms with Crippen molar-refractivity contribution >= 4 is 46.1 Å². The van der Waals surface area contributed by atoms with E-state index in [1.54, 1.807) is 12.2 Å². The van der Waals surface area contributed by atoms with Gasteiger partial charge in [-0.3, -0.25) is 4.79 Å². The summed E-state index contributed by atoms with van der Waals surface area (Å²) in [5, 5.41) is 0.190. The average molecular weight is 337 g/mol. The lowest BCUT2D eigenvalue weighted by Gasteiger charge is -2.22. The van der Waals surface area contributed by atoms with Crippen LogP contribution in [-0.2, 0) is 4.79 Å². The molecule has 0 saturated heterocycles. The van der Waals surface area contributed by atoms with Crippen LogP contribution in [0.25, 0.3) is 0 Å². The van der Waals surface area contributed by atoms with Crippen molar-refractivity contribution < 1.29 is 4.79 Å². The highest BCUT2D eigenvalue weighted by atomic mass is 35.5. The number of nitrogens with zero attached hydrogens (tertiary/aromatic N) is 2. The van der Waals surface area contributed by atoms with Crippen LogP contribution in [0.5, 0.6) is 0 Å². The number of carbonyl (C=O) groups is 1. The molecule has 1 aromatic carbocycles. The maximum absolute atomic E-state index is 11.3. The molecule has 1 aliphatic rings. The normalized spacial score (nSPS) is 16.1. The maximum Gasteiger partial charge on any atom is 0.197 e. The number of hydrogen-bond acceptors (Lipinski definition) is 3. The van der Waals surface area contributed by atoms with Gasteiger partial charge in [0.15, 0.2) is 5.78 Å². The van der Waals surface area contributed by atoms with E-state index in [2.05, 4.69) is 22.9 Å². The van der Waals surface area contributed by atoms with Gasteiger partial charge < -0.3 is 4.90 Å². The zero-order valence-electron chi connectivity index (χ0n) is 12.6. The van der Waals surface area contributed by atoms with Crippen LogP contribution in [0.3, 0.4) is 0 Å². The SMILES string of the molecule is CCN(CCCl)c1ccc(/N=C2/C=CC(=O)C(Cl)=C2)c(C)c1. The highest BCUT2D eigenvalue weighted by molar-refractivity contribution is 6.47. The minimum absolute atomic E-state index is 0.188. The molecule has 116 valence electrons. The number of benzene rings is 1. The molecule has 0 aromatic heterocycles. The summed E-state index contributed by atoms with van der Waals surface area (Å²) in [6, 6.07) is 6.10. The largest absolute Gasteiger partial charge is 0.371 e. The highest BCUT2D eigenvalue weighted by Gasteiger charge is 2.10. The fraction of sp³-hybridized carbons (Fsp3) is 0.294. The van der Waals surface area contributed by atoms with E-state index >= 15 is 0 Å². The number of alkyl halides is 1. The third kappa shape index (κ3) is 3.99. The van der Waals surface area contributed by atoms with Gasteiger partial charge in [-0.05, 0) is 55.8 Å². The second-order valence-corrected chi connectivity index (χ2v) is 5.75. The summed E-state index contributed by atoms with van der Waals surface area (Å²) in [6.45, 7) is 5.84. The van der Waals surface area contributed by atoms with Crippen LogP contribution in [-0.4, -0.2) is 30.5 Å². The van der Waals surface area contributed by atoms with Crippen molar-refractivity contribution in [2.24, 2.45) is 4.99 Å². The molecule has 2 rings (SSSR count). The van der Waals surface area contributed by atoms with Gasteiger partial charge in [-0.1, -0.05) is 11.6 Å². The number of hydrogen-bond donors (Lipinski definition) is 0. The first-order chi connectivity index (χ1) is 10.5. The Morgan fingerprint density at radius 1 is 1.27 bits per heavy atom. The van der Waals surface area contributed by atoms with Crippen molar-refractivity contribution in [3.8, 4) is 0 Å². The molecular weight excluding hydrogens is 319 g/mol. The number of ketones is 1. The van der Waals surface area contributed by atoms with Crippen LogP contribution < -0.4 is 4.90 Å². The quantitative estimate of drug-likeness (QED) is 0.589. The molecule has 0 fully saturated rings.